The molecule has 0 amide bonds. The van der Waals surface area contributed by atoms with Gasteiger partial charge in [0.25, 0.3) is 0 Å². The van der Waals surface area contributed by atoms with Crippen LogP contribution in [0.5, 0.6) is 23.0 Å². The van der Waals surface area contributed by atoms with Crippen LogP contribution in [0.3, 0.4) is 0 Å². The van der Waals surface area contributed by atoms with Gasteiger partial charge in [-0.1, -0.05) is 12.1 Å². The van der Waals surface area contributed by atoms with Crippen LogP contribution >= 0.6 is 0 Å². The van der Waals surface area contributed by atoms with Gasteiger partial charge < -0.3 is 29.2 Å². The predicted molar refractivity (Wildman–Crippen MR) is 90.9 cm³/mol. The molecule has 3 aromatic rings. The third kappa shape index (κ3) is 3.00. The number of carboxylic acid groups (broad SMARTS) is 1. The van der Waals surface area contributed by atoms with E-state index in [2.05, 4.69) is 0 Å². The van der Waals surface area contributed by atoms with Crippen LogP contribution in [0.25, 0.3) is 22.1 Å². The number of fused-ring (bicyclic) bond motifs is 1. The number of carbonyl (C=O) groups is 1. The van der Waals surface area contributed by atoms with E-state index in [9.17, 15) is 19.8 Å². The fourth-order valence-corrected chi connectivity index (χ4v) is 2.51. The molecule has 134 valence electrons. The number of aromatic hydroxyl groups is 2. The fraction of sp³-hybridized carbons (Fsp3) is 0.111. The second kappa shape index (κ2) is 6.67. The maximum Gasteiger partial charge on any atom is 0.341 e. The van der Waals surface area contributed by atoms with Gasteiger partial charge in [-0.25, -0.2) is 4.79 Å². The molecule has 26 heavy (non-hydrogen) atoms. The second-order valence-corrected chi connectivity index (χ2v) is 5.34. The van der Waals surface area contributed by atoms with E-state index in [1.54, 1.807) is 12.1 Å². The summed E-state index contributed by atoms with van der Waals surface area (Å²) < 4.78 is 15.3. The number of phenols is 2. The Morgan fingerprint density at radius 3 is 2.50 bits per heavy atom. The lowest BCUT2D eigenvalue weighted by molar-refractivity contribution is -0.139. The summed E-state index contributed by atoms with van der Waals surface area (Å²) in [5.74, 6) is -1.86. The van der Waals surface area contributed by atoms with Crippen LogP contribution in [0, 0.1) is 0 Å². The van der Waals surface area contributed by atoms with Crippen LogP contribution in [0.2, 0.25) is 0 Å². The highest BCUT2D eigenvalue weighted by atomic mass is 16.5. The van der Waals surface area contributed by atoms with E-state index < -0.39 is 23.8 Å². The topological polar surface area (TPSA) is 126 Å². The molecular formula is C18H14O8. The third-order valence-corrected chi connectivity index (χ3v) is 3.71. The summed E-state index contributed by atoms with van der Waals surface area (Å²) >= 11 is 0. The summed E-state index contributed by atoms with van der Waals surface area (Å²) in [6.45, 7) is -0.478. The van der Waals surface area contributed by atoms with E-state index in [0.717, 1.165) is 0 Å². The Hall–Kier alpha value is -3.68. The lowest BCUT2D eigenvalue weighted by Gasteiger charge is -2.09. The molecular weight excluding hydrogens is 344 g/mol. The zero-order valence-corrected chi connectivity index (χ0v) is 13.6. The van der Waals surface area contributed by atoms with Crippen molar-refractivity contribution in [3.63, 3.8) is 0 Å². The Morgan fingerprint density at radius 1 is 1.19 bits per heavy atom. The number of ether oxygens (including phenoxy) is 2. The van der Waals surface area contributed by atoms with Crippen LogP contribution in [0.15, 0.2) is 45.8 Å². The number of carboxylic acids is 1. The minimum absolute atomic E-state index is 0.0101. The van der Waals surface area contributed by atoms with Crippen molar-refractivity contribution in [1.29, 1.82) is 0 Å². The molecule has 2 aromatic carbocycles. The number of rotatable bonds is 5. The van der Waals surface area contributed by atoms with Gasteiger partial charge in [-0.05, 0) is 17.7 Å². The average molecular weight is 358 g/mol. The molecule has 0 spiro atoms. The van der Waals surface area contributed by atoms with Crippen molar-refractivity contribution in [2.75, 3.05) is 13.7 Å². The number of methoxy groups -OCH3 is 1. The third-order valence-electron chi connectivity index (χ3n) is 3.71. The van der Waals surface area contributed by atoms with Gasteiger partial charge in [0.15, 0.2) is 18.1 Å². The molecule has 3 N–H and O–H groups in total. The number of benzene rings is 2. The van der Waals surface area contributed by atoms with Crippen molar-refractivity contribution >= 4 is 16.9 Å². The predicted octanol–water partition coefficient (Wildman–Crippen LogP) is 2.34. The molecule has 8 heteroatoms. The molecule has 0 radical (unpaired) electrons. The Bertz CT molecular complexity index is 1030. The summed E-state index contributed by atoms with van der Waals surface area (Å²) in [5, 5.41) is 28.5. The van der Waals surface area contributed by atoms with Crippen LogP contribution in [0.1, 0.15) is 0 Å². The van der Waals surface area contributed by atoms with Gasteiger partial charge in [0.2, 0.25) is 11.2 Å². The molecule has 3 rings (SSSR count). The maximum atomic E-state index is 12.8. The first-order valence-corrected chi connectivity index (χ1v) is 7.42. The summed E-state index contributed by atoms with van der Waals surface area (Å²) in [6.07, 6.45) is 1.21. The lowest BCUT2D eigenvalue weighted by atomic mass is 10.0. The zero-order valence-electron chi connectivity index (χ0n) is 13.6. The van der Waals surface area contributed by atoms with Crippen molar-refractivity contribution in [3.05, 3.63) is 46.8 Å². The zero-order chi connectivity index (χ0) is 18.8. The van der Waals surface area contributed by atoms with E-state index in [1.807, 2.05) is 0 Å². The van der Waals surface area contributed by atoms with Crippen molar-refractivity contribution in [1.82, 2.24) is 0 Å². The van der Waals surface area contributed by atoms with E-state index in [-0.39, 0.29) is 28.0 Å². The molecule has 1 aromatic heterocycles. The van der Waals surface area contributed by atoms with Crippen LogP contribution in [0.4, 0.5) is 0 Å². The molecule has 0 bridgehead atoms. The van der Waals surface area contributed by atoms with E-state index in [4.69, 9.17) is 19.0 Å². The van der Waals surface area contributed by atoms with Gasteiger partial charge in [-0.3, -0.25) is 4.79 Å². The second-order valence-electron chi connectivity index (χ2n) is 5.34. The highest BCUT2D eigenvalue weighted by Crippen LogP contribution is 2.41. The minimum Gasteiger partial charge on any atom is -0.504 e. The largest absolute Gasteiger partial charge is 0.504 e. The Morgan fingerprint density at radius 2 is 1.88 bits per heavy atom. The standard InChI is InChI=1S/C18H14O8/c1-24-18-12(19)6-13-15(17(18)23)16(22)11(7-26-13)9-2-4-10(5-3-9)25-8-14(20)21/h2-7,19,23H,8H2,1H3,(H,20,21). The molecule has 0 saturated heterocycles. The van der Waals surface area contributed by atoms with Gasteiger partial charge in [0.1, 0.15) is 23.0 Å². The number of hydrogen-bond donors (Lipinski definition) is 3. The fourth-order valence-electron chi connectivity index (χ4n) is 2.51. The Kier molecular flexibility index (Phi) is 4.40. The summed E-state index contributed by atoms with van der Waals surface area (Å²) in [6, 6.07) is 7.33. The van der Waals surface area contributed by atoms with Gasteiger partial charge in [0, 0.05) is 6.07 Å². The van der Waals surface area contributed by atoms with Crippen molar-refractivity contribution in [2.24, 2.45) is 0 Å². The smallest absolute Gasteiger partial charge is 0.341 e. The molecule has 0 aliphatic heterocycles. The molecule has 0 atom stereocenters. The SMILES string of the molecule is COc1c(O)cc2occ(-c3ccc(OCC(=O)O)cc3)c(=O)c2c1O. The minimum atomic E-state index is -1.10. The quantitative estimate of drug-likeness (QED) is 0.634. The Balaban J connectivity index is 2.07. The summed E-state index contributed by atoms with van der Waals surface area (Å²) in [5.41, 5.74) is 0.150. The van der Waals surface area contributed by atoms with Crippen molar-refractivity contribution in [2.45, 2.75) is 0 Å². The van der Waals surface area contributed by atoms with Crippen LogP contribution in [-0.2, 0) is 4.79 Å². The number of phenolic OH excluding ortho intramolecular Hbond substituents is 2. The van der Waals surface area contributed by atoms with E-state index in [0.29, 0.717) is 11.3 Å². The van der Waals surface area contributed by atoms with Gasteiger partial charge in [-0.2, -0.15) is 0 Å². The summed E-state index contributed by atoms with van der Waals surface area (Å²) in [7, 11) is 1.25. The average Bonchev–Trinajstić information content (AvgIpc) is 2.61. The Labute approximate surface area is 146 Å². The van der Waals surface area contributed by atoms with Crippen molar-refractivity contribution in [3.8, 4) is 34.1 Å². The molecule has 0 unspecified atom stereocenters. The molecule has 8 nitrogen and oxygen atoms in total. The van der Waals surface area contributed by atoms with Crippen LogP contribution < -0.4 is 14.9 Å². The first-order valence-electron chi connectivity index (χ1n) is 7.42. The van der Waals surface area contributed by atoms with Gasteiger partial charge in [0.05, 0.1) is 12.7 Å². The highest BCUT2D eigenvalue weighted by molar-refractivity contribution is 5.91. The van der Waals surface area contributed by atoms with E-state index >= 15 is 0 Å². The number of hydrogen-bond acceptors (Lipinski definition) is 7. The van der Waals surface area contributed by atoms with Gasteiger partial charge >= 0.3 is 5.97 Å². The normalized spacial score (nSPS) is 10.7. The van der Waals surface area contributed by atoms with Crippen LogP contribution in [-0.4, -0.2) is 35.0 Å². The first kappa shape index (κ1) is 17.2. The lowest BCUT2D eigenvalue weighted by Crippen LogP contribution is -2.09. The maximum absolute atomic E-state index is 12.8. The summed E-state index contributed by atoms with van der Waals surface area (Å²) in [4.78, 5) is 23.3. The van der Waals surface area contributed by atoms with E-state index in [1.165, 1.54) is 31.6 Å². The molecule has 1 heterocycles. The monoisotopic (exact) mass is 358 g/mol. The molecule has 0 aliphatic carbocycles. The van der Waals surface area contributed by atoms with Gasteiger partial charge in [-0.15, -0.1) is 0 Å². The highest BCUT2D eigenvalue weighted by Gasteiger charge is 2.19. The van der Waals surface area contributed by atoms with Crippen molar-refractivity contribution < 1.29 is 34.0 Å². The molecule has 0 aliphatic rings. The molecule has 0 saturated carbocycles. The molecule has 0 fully saturated rings. The number of aliphatic carboxylic acids is 1. The first-order chi connectivity index (χ1) is 12.4.